The van der Waals surface area contributed by atoms with Crippen LogP contribution in [0.5, 0.6) is 0 Å². The lowest BCUT2D eigenvalue weighted by molar-refractivity contribution is 0.590. The molecule has 0 spiro atoms. The van der Waals surface area contributed by atoms with E-state index in [-0.39, 0.29) is 5.41 Å². The molecule has 2 nitrogen and oxygen atoms in total. The van der Waals surface area contributed by atoms with Crippen LogP contribution >= 0.6 is 15.9 Å². The van der Waals surface area contributed by atoms with E-state index in [1.165, 1.54) is 28.2 Å². The first-order chi connectivity index (χ1) is 12.7. The third kappa shape index (κ3) is 4.24. The fourth-order valence-electron chi connectivity index (χ4n) is 3.28. The Morgan fingerprint density at radius 1 is 0.926 bits per heavy atom. The number of hydrogen-bond donors (Lipinski definition) is 0. The number of benzene rings is 2. The molecule has 0 saturated carbocycles. The summed E-state index contributed by atoms with van der Waals surface area (Å²) in [6, 6.07) is 17.3. The summed E-state index contributed by atoms with van der Waals surface area (Å²) in [4.78, 5) is 4.69. The van der Waals surface area contributed by atoms with Crippen LogP contribution in [-0.4, -0.2) is 10.8 Å². The minimum atomic E-state index is 0.165. The van der Waals surface area contributed by atoms with Gasteiger partial charge in [0.2, 0.25) is 0 Å². The molecule has 27 heavy (non-hydrogen) atoms. The molecule has 0 radical (unpaired) electrons. The van der Waals surface area contributed by atoms with Crippen molar-refractivity contribution in [3.05, 3.63) is 81.1 Å². The lowest BCUT2D eigenvalue weighted by atomic mass is 9.87. The van der Waals surface area contributed by atoms with Crippen LogP contribution in [0.15, 0.2) is 58.0 Å². The highest BCUT2D eigenvalue weighted by molar-refractivity contribution is 9.10. The number of rotatable bonds is 3. The highest BCUT2D eigenvalue weighted by atomic mass is 79.9. The van der Waals surface area contributed by atoms with Crippen molar-refractivity contribution in [2.45, 2.75) is 47.0 Å². The quantitative estimate of drug-likeness (QED) is 0.396. The predicted octanol–water partition coefficient (Wildman–Crippen LogP) is 7.21. The van der Waals surface area contributed by atoms with Gasteiger partial charge in [0.05, 0.1) is 5.69 Å². The molecule has 3 rings (SSSR count). The molecular formula is C24H27BrN2. The summed E-state index contributed by atoms with van der Waals surface area (Å²) in [5, 5.41) is 0. The average molecular weight is 423 g/mol. The molecule has 3 heteroatoms. The zero-order valence-corrected chi connectivity index (χ0v) is 18.6. The van der Waals surface area contributed by atoms with E-state index in [0.717, 1.165) is 15.7 Å². The standard InChI is InChI=1S/C24H27BrN2/c1-16-7-12-23(22(25)13-16)26-15-19-14-17(2)27(18(19)3)21-10-8-20(9-11-21)24(4,5)6/h7-15H,1-6H3. The summed E-state index contributed by atoms with van der Waals surface area (Å²) in [5.74, 6) is 0. The molecule has 0 atom stereocenters. The normalized spacial score (nSPS) is 12.1. The topological polar surface area (TPSA) is 17.3 Å². The minimum absolute atomic E-state index is 0.165. The van der Waals surface area contributed by atoms with Gasteiger partial charge in [-0.3, -0.25) is 4.99 Å². The number of halogens is 1. The first-order valence-corrected chi connectivity index (χ1v) is 10.1. The summed E-state index contributed by atoms with van der Waals surface area (Å²) in [7, 11) is 0. The second kappa shape index (κ2) is 7.47. The van der Waals surface area contributed by atoms with Crippen molar-refractivity contribution in [2.24, 2.45) is 4.99 Å². The van der Waals surface area contributed by atoms with Crippen LogP contribution in [0.3, 0.4) is 0 Å². The molecule has 0 fully saturated rings. The molecule has 1 heterocycles. The summed E-state index contributed by atoms with van der Waals surface area (Å²) >= 11 is 3.60. The lowest BCUT2D eigenvalue weighted by Crippen LogP contribution is -2.11. The Kier molecular flexibility index (Phi) is 5.43. The number of aryl methyl sites for hydroxylation is 2. The van der Waals surface area contributed by atoms with Crippen LogP contribution in [0.2, 0.25) is 0 Å². The van der Waals surface area contributed by atoms with E-state index in [0.29, 0.717) is 0 Å². The van der Waals surface area contributed by atoms with E-state index >= 15 is 0 Å². The monoisotopic (exact) mass is 422 g/mol. The van der Waals surface area contributed by atoms with Gasteiger partial charge in [-0.25, -0.2) is 0 Å². The molecule has 3 aromatic rings. The molecule has 0 aliphatic carbocycles. The molecule has 0 amide bonds. The van der Waals surface area contributed by atoms with Gasteiger partial charge in [0.15, 0.2) is 0 Å². The minimum Gasteiger partial charge on any atom is -0.318 e. The van der Waals surface area contributed by atoms with Gasteiger partial charge in [0.1, 0.15) is 0 Å². The first kappa shape index (κ1) is 19.6. The molecule has 1 aromatic heterocycles. The molecular weight excluding hydrogens is 396 g/mol. The van der Waals surface area contributed by atoms with Gasteiger partial charge < -0.3 is 4.57 Å². The summed E-state index contributed by atoms with van der Waals surface area (Å²) < 4.78 is 3.31. The Morgan fingerprint density at radius 3 is 2.19 bits per heavy atom. The average Bonchev–Trinajstić information content (AvgIpc) is 2.87. The van der Waals surface area contributed by atoms with Crippen molar-refractivity contribution in [3.8, 4) is 5.69 Å². The van der Waals surface area contributed by atoms with E-state index in [2.05, 4.69) is 109 Å². The largest absolute Gasteiger partial charge is 0.318 e. The zero-order chi connectivity index (χ0) is 19.8. The number of hydrogen-bond acceptors (Lipinski definition) is 1. The fourth-order valence-corrected chi connectivity index (χ4v) is 3.88. The third-order valence-corrected chi connectivity index (χ3v) is 5.54. The molecule has 0 saturated heterocycles. The number of aromatic nitrogens is 1. The Balaban J connectivity index is 1.94. The smallest absolute Gasteiger partial charge is 0.0772 e. The highest BCUT2D eigenvalue weighted by Crippen LogP contribution is 2.28. The molecule has 0 unspecified atom stereocenters. The molecule has 0 aliphatic rings. The van der Waals surface area contributed by atoms with Crippen LogP contribution in [0.25, 0.3) is 5.69 Å². The van der Waals surface area contributed by atoms with Crippen LogP contribution in [0.4, 0.5) is 5.69 Å². The third-order valence-electron chi connectivity index (χ3n) is 4.91. The first-order valence-electron chi connectivity index (χ1n) is 9.27. The summed E-state index contributed by atoms with van der Waals surface area (Å²) in [6.45, 7) is 13.1. The van der Waals surface area contributed by atoms with Crippen molar-refractivity contribution in [3.63, 3.8) is 0 Å². The van der Waals surface area contributed by atoms with Crippen LogP contribution in [-0.2, 0) is 5.41 Å². The predicted molar refractivity (Wildman–Crippen MR) is 120 cm³/mol. The Bertz CT molecular complexity index is 986. The van der Waals surface area contributed by atoms with Crippen molar-refractivity contribution < 1.29 is 0 Å². The van der Waals surface area contributed by atoms with E-state index in [4.69, 9.17) is 0 Å². The number of nitrogens with zero attached hydrogens (tertiary/aromatic N) is 2. The van der Waals surface area contributed by atoms with Crippen LogP contribution < -0.4 is 0 Å². The molecule has 140 valence electrons. The van der Waals surface area contributed by atoms with Crippen molar-refractivity contribution in [1.29, 1.82) is 0 Å². The van der Waals surface area contributed by atoms with Crippen molar-refractivity contribution >= 4 is 27.8 Å². The van der Waals surface area contributed by atoms with Gasteiger partial charge in [-0.2, -0.15) is 0 Å². The Hall–Kier alpha value is -2.13. The maximum absolute atomic E-state index is 4.69. The summed E-state index contributed by atoms with van der Waals surface area (Å²) in [6.07, 6.45) is 1.96. The highest BCUT2D eigenvalue weighted by Gasteiger charge is 2.14. The zero-order valence-electron chi connectivity index (χ0n) is 17.0. The van der Waals surface area contributed by atoms with E-state index in [1.54, 1.807) is 0 Å². The van der Waals surface area contributed by atoms with Gasteiger partial charge in [0.25, 0.3) is 0 Å². The van der Waals surface area contributed by atoms with Gasteiger partial charge in [0, 0.05) is 33.3 Å². The molecule has 0 N–H and O–H groups in total. The fraction of sp³-hybridized carbons (Fsp3) is 0.292. The molecule has 0 bridgehead atoms. The second-order valence-corrected chi connectivity index (χ2v) is 9.03. The van der Waals surface area contributed by atoms with Gasteiger partial charge in [-0.1, -0.05) is 39.0 Å². The van der Waals surface area contributed by atoms with Gasteiger partial charge in [-0.05, 0) is 83.6 Å². The van der Waals surface area contributed by atoms with E-state index in [1.807, 2.05) is 12.3 Å². The van der Waals surface area contributed by atoms with E-state index in [9.17, 15) is 0 Å². The Labute approximate surface area is 171 Å². The van der Waals surface area contributed by atoms with Crippen LogP contribution in [0, 0.1) is 20.8 Å². The van der Waals surface area contributed by atoms with Gasteiger partial charge in [-0.15, -0.1) is 0 Å². The molecule has 0 aliphatic heterocycles. The SMILES string of the molecule is Cc1ccc(N=Cc2cc(C)n(-c3ccc(C(C)(C)C)cc3)c2C)c(Br)c1. The van der Waals surface area contributed by atoms with Crippen LogP contribution in [0.1, 0.15) is 48.8 Å². The maximum Gasteiger partial charge on any atom is 0.0772 e. The summed E-state index contributed by atoms with van der Waals surface area (Å²) in [5.41, 5.74) is 8.41. The van der Waals surface area contributed by atoms with Crippen molar-refractivity contribution in [1.82, 2.24) is 4.57 Å². The second-order valence-electron chi connectivity index (χ2n) is 8.17. The maximum atomic E-state index is 4.69. The lowest BCUT2D eigenvalue weighted by Gasteiger charge is -2.20. The number of aliphatic imine (C=N–C) groups is 1. The van der Waals surface area contributed by atoms with Crippen molar-refractivity contribution in [2.75, 3.05) is 0 Å². The van der Waals surface area contributed by atoms with Gasteiger partial charge >= 0.3 is 0 Å². The molecule has 2 aromatic carbocycles. The van der Waals surface area contributed by atoms with E-state index < -0.39 is 0 Å². The Morgan fingerprint density at radius 2 is 1.59 bits per heavy atom.